The van der Waals surface area contributed by atoms with Crippen molar-refractivity contribution in [1.82, 2.24) is 5.32 Å². The van der Waals surface area contributed by atoms with E-state index in [1.807, 2.05) is 31.2 Å². The lowest BCUT2D eigenvalue weighted by molar-refractivity contribution is -0.384. The summed E-state index contributed by atoms with van der Waals surface area (Å²) in [6.07, 6.45) is 2.92. The van der Waals surface area contributed by atoms with Gasteiger partial charge >= 0.3 is 0 Å². The van der Waals surface area contributed by atoms with Gasteiger partial charge in [0.1, 0.15) is 0 Å². The van der Waals surface area contributed by atoms with Crippen LogP contribution in [0.5, 0.6) is 0 Å². The number of amides is 1. The summed E-state index contributed by atoms with van der Waals surface area (Å²) >= 11 is 3.45. The van der Waals surface area contributed by atoms with Gasteiger partial charge in [0.25, 0.3) is 5.69 Å². The summed E-state index contributed by atoms with van der Waals surface area (Å²) in [5.41, 5.74) is 1.57. The first kappa shape index (κ1) is 16.9. The molecule has 0 heterocycles. The fourth-order valence-electron chi connectivity index (χ4n) is 2.08. The SMILES string of the molecule is C[C@H](NC(=O)/C=C/c1cccc([N+](=O)[O-])c1)c1ccccc1Br. The number of nitrogens with one attached hydrogen (secondary N) is 1. The van der Waals surface area contributed by atoms with E-state index in [2.05, 4.69) is 21.2 Å². The van der Waals surface area contributed by atoms with E-state index < -0.39 is 4.92 Å². The largest absolute Gasteiger partial charge is 0.346 e. The Morgan fingerprint density at radius 1 is 1.26 bits per heavy atom. The molecule has 23 heavy (non-hydrogen) atoms. The van der Waals surface area contributed by atoms with Crippen LogP contribution in [0.2, 0.25) is 0 Å². The number of nitro benzene ring substituents is 1. The standard InChI is InChI=1S/C17H15BrN2O3/c1-12(15-7-2-3-8-16(15)18)19-17(21)10-9-13-5-4-6-14(11-13)20(22)23/h2-12H,1H3,(H,19,21)/b10-9+/t12-/m0/s1. The topological polar surface area (TPSA) is 72.2 Å². The van der Waals surface area contributed by atoms with Crippen LogP contribution in [0.3, 0.4) is 0 Å². The molecule has 0 saturated carbocycles. The number of hydrogen-bond acceptors (Lipinski definition) is 3. The third-order valence-electron chi connectivity index (χ3n) is 3.24. The zero-order valence-corrected chi connectivity index (χ0v) is 14.0. The average Bonchev–Trinajstić information content (AvgIpc) is 2.53. The monoisotopic (exact) mass is 374 g/mol. The molecular weight excluding hydrogens is 360 g/mol. The highest BCUT2D eigenvalue weighted by molar-refractivity contribution is 9.10. The first-order chi connectivity index (χ1) is 11.0. The molecule has 2 aromatic rings. The maximum Gasteiger partial charge on any atom is 0.270 e. The van der Waals surface area contributed by atoms with Crippen LogP contribution in [0, 0.1) is 10.1 Å². The highest BCUT2D eigenvalue weighted by Crippen LogP contribution is 2.22. The van der Waals surface area contributed by atoms with Crippen LogP contribution in [0.15, 0.2) is 59.1 Å². The summed E-state index contributed by atoms with van der Waals surface area (Å²) in [5.74, 6) is -0.264. The van der Waals surface area contributed by atoms with Crippen LogP contribution >= 0.6 is 15.9 Å². The minimum absolute atomic E-state index is 0.00542. The number of carbonyl (C=O) groups is 1. The molecule has 0 bridgehead atoms. The van der Waals surface area contributed by atoms with Gasteiger partial charge in [0.2, 0.25) is 5.91 Å². The molecule has 0 aliphatic heterocycles. The van der Waals surface area contributed by atoms with E-state index >= 15 is 0 Å². The van der Waals surface area contributed by atoms with Gasteiger partial charge in [-0.15, -0.1) is 0 Å². The number of rotatable bonds is 5. The van der Waals surface area contributed by atoms with E-state index in [0.29, 0.717) is 5.56 Å². The Hall–Kier alpha value is -2.47. The Morgan fingerprint density at radius 3 is 2.70 bits per heavy atom. The molecule has 2 aromatic carbocycles. The minimum atomic E-state index is -0.466. The quantitative estimate of drug-likeness (QED) is 0.483. The molecule has 1 amide bonds. The lowest BCUT2D eigenvalue weighted by Crippen LogP contribution is -2.24. The van der Waals surface area contributed by atoms with Crippen molar-refractivity contribution >= 4 is 33.6 Å². The van der Waals surface area contributed by atoms with Gasteiger partial charge in [-0.05, 0) is 30.2 Å². The van der Waals surface area contributed by atoms with E-state index in [9.17, 15) is 14.9 Å². The third-order valence-corrected chi connectivity index (χ3v) is 3.96. The van der Waals surface area contributed by atoms with Crippen LogP contribution < -0.4 is 5.32 Å². The van der Waals surface area contributed by atoms with E-state index in [-0.39, 0.29) is 17.6 Å². The van der Waals surface area contributed by atoms with Crippen molar-refractivity contribution in [3.05, 3.63) is 80.3 Å². The van der Waals surface area contributed by atoms with Gasteiger partial charge in [-0.3, -0.25) is 14.9 Å². The van der Waals surface area contributed by atoms with Crippen molar-refractivity contribution in [3.8, 4) is 0 Å². The number of carbonyl (C=O) groups excluding carboxylic acids is 1. The van der Waals surface area contributed by atoms with Gasteiger partial charge < -0.3 is 5.32 Å². The summed E-state index contributed by atoms with van der Waals surface area (Å²) in [6, 6.07) is 13.6. The van der Waals surface area contributed by atoms with Gasteiger partial charge in [-0.25, -0.2) is 0 Å². The van der Waals surface area contributed by atoms with Crippen molar-refractivity contribution in [2.24, 2.45) is 0 Å². The smallest absolute Gasteiger partial charge is 0.270 e. The van der Waals surface area contributed by atoms with Crippen molar-refractivity contribution < 1.29 is 9.72 Å². The molecule has 1 atom stereocenters. The molecular formula is C17H15BrN2O3. The molecule has 118 valence electrons. The van der Waals surface area contributed by atoms with Crippen LogP contribution in [0.1, 0.15) is 24.1 Å². The average molecular weight is 375 g/mol. The van der Waals surface area contributed by atoms with Crippen LogP contribution in [-0.2, 0) is 4.79 Å². The molecule has 0 fully saturated rings. The summed E-state index contributed by atoms with van der Waals surface area (Å²) in [5, 5.41) is 13.6. The van der Waals surface area contributed by atoms with E-state index in [1.165, 1.54) is 18.2 Å². The Balaban J connectivity index is 2.03. The maximum absolute atomic E-state index is 12.0. The molecule has 0 unspecified atom stereocenters. The van der Waals surface area contributed by atoms with Crippen LogP contribution in [-0.4, -0.2) is 10.8 Å². The van der Waals surface area contributed by atoms with Crippen molar-refractivity contribution in [3.63, 3.8) is 0 Å². The Bertz CT molecular complexity index is 759. The molecule has 2 rings (SSSR count). The molecule has 0 saturated heterocycles. The number of hydrogen-bond donors (Lipinski definition) is 1. The predicted molar refractivity (Wildman–Crippen MR) is 92.8 cm³/mol. The van der Waals surface area contributed by atoms with E-state index in [4.69, 9.17) is 0 Å². The van der Waals surface area contributed by atoms with Gasteiger partial charge in [-0.2, -0.15) is 0 Å². The molecule has 0 spiro atoms. The summed E-state index contributed by atoms with van der Waals surface area (Å²) < 4.78 is 0.926. The molecule has 6 heteroatoms. The Morgan fingerprint density at radius 2 is 2.00 bits per heavy atom. The van der Waals surface area contributed by atoms with Gasteiger partial charge in [-0.1, -0.05) is 46.3 Å². The van der Waals surface area contributed by atoms with Gasteiger partial charge in [0.05, 0.1) is 11.0 Å². The van der Waals surface area contributed by atoms with Gasteiger partial charge in [0, 0.05) is 22.7 Å². The number of nitro groups is 1. The number of halogens is 1. The first-order valence-electron chi connectivity index (χ1n) is 6.95. The number of benzene rings is 2. The zero-order valence-electron chi connectivity index (χ0n) is 12.4. The number of non-ortho nitro benzene ring substituents is 1. The van der Waals surface area contributed by atoms with E-state index in [1.54, 1.807) is 18.2 Å². The predicted octanol–water partition coefficient (Wildman–Crippen LogP) is 4.25. The minimum Gasteiger partial charge on any atom is -0.346 e. The second-order valence-electron chi connectivity index (χ2n) is 4.94. The lowest BCUT2D eigenvalue weighted by atomic mass is 10.1. The second kappa shape index (κ2) is 7.69. The first-order valence-corrected chi connectivity index (χ1v) is 7.74. The summed E-state index contributed by atoms with van der Waals surface area (Å²) in [7, 11) is 0. The molecule has 0 radical (unpaired) electrons. The molecule has 5 nitrogen and oxygen atoms in total. The fourth-order valence-corrected chi connectivity index (χ4v) is 2.71. The molecule has 0 aliphatic rings. The van der Waals surface area contributed by atoms with Crippen molar-refractivity contribution in [2.75, 3.05) is 0 Å². The fraction of sp³-hybridized carbons (Fsp3) is 0.118. The lowest BCUT2D eigenvalue weighted by Gasteiger charge is -2.14. The van der Waals surface area contributed by atoms with Crippen molar-refractivity contribution in [2.45, 2.75) is 13.0 Å². The highest BCUT2D eigenvalue weighted by atomic mass is 79.9. The molecule has 0 aromatic heterocycles. The maximum atomic E-state index is 12.0. The Labute approximate surface area is 142 Å². The normalized spacial score (nSPS) is 12.1. The van der Waals surface area contributed by atoms with Crippen LogP contribution in [0.4, 0.5) is 5.69 Å². The zero-order chi connectivity index (χ0) is 16.8. The van der Waals surface area contributed by atoms with E-state index in [0.717, 1.165) is 10.0 Å². The van der Waals surface area contributed by atoms with Crippen molar-refractivity contribution in [1.29, 1.82) is 0 Å². The third kappa shape index (κ3) is 4.75. The number of nitrogens with zero attached hydrogens (tertiary/aromatic N) is 1. The second-order valence-corrected chi connectivity index (χ2v) is 5.79. The molecule has 1 N–H and O–H groups in total. The van der Waals surface area contributed by atoms with Gasteiger partial charge in [0.15, 0.2) is 0 Å². The summed E-state index contributed by atoms with van der Waals surface area (Å²) in [4.78, 5) is 22.2. The summed E-state index contributed by atoms with van der Waals surface area (Å²) in [6.45, 7) is 1.89. The Kier molecular flexibility index (Phi) is 5.65. The highest BCUT2D eigenvalue weighted by Gasteiger charge is 2.10. The molecule has 0 aliphatic carbocycles. The van der Waals surface area contributed by atoms with Crippen LogP contribution in [0.25, 0.3) is 6.08 Å².